The molecule has 3 N–H and O–H groups in total. The Hall–Kier alpha value is -1.17. The highest BCUT2D eigenvalue weighted by Crippen LogP contribution is 2.66. The Bertz CT molecular complexity index is 835. The fraction of sp³-hybridized carbons (Fsp3) is 0.821. The number of aliphatic hydroxyl groups excluding tert-OH is 2. The van der Waals surface area contributed by atoms with E-state index >= 15 is 0 Å². The fourth-order valence-electron chi connectivity index (χ4n) is 8.51. The molecular weight excluding hydrogens is 412 g/mol. The minimum absolute atomic E-state index is 0.0874. The van der Waals surface area contributed by atoms with Crippen LogP contribution in [0.1, 0.15) is 73.1 Å². The number of carbonyl (C=O) groups is 1. The molecule has 4 aliphatic rings. The molecule has 4 aliphatic carbocycles. The van der Waals surface area contributed by atoms with Crippen molar-refractivity contribution in [2.75, 3.05) is 14.1 Å². The van der Waals surface area contributed by atoms with E-state index < -0.39 is 18.2 Å². The number of hydrogen-bond acceptors (Lipinski definition) is 4. The average molecular weight is 459 g/mol. The summed E-state index contributed by atoms with van der Waals surface area (Å²) in [5, 5.41) is 25.5. The zero-order valence-corrected chi connectivity index (χ0v) is 21.8. The van der Waals surface area contributed by atoms with E-state index in [1.807, 2.05) is 6.92 Å². The highest BCUT2D eigenvalue weighted by Gasteiger charge is 2.62. The van der Waals surface area contributed by atoms with Crippen LogP contribution < -0.4 is 5.32 Å². The van der Waals surface area contributed by atoms with E-state index in [1.165, 1.54) is 12.8 Å². The molecule has 1 amide bonds. The molecule has 0 aromatic heterocycles. The highest BCUT2D eigenvalue weighted by atomic mass is 16.3. The van der Waals surface area contributed by atoms with Crippen LogP contribution in [0.4, 0.5) is 0 Å². The van der Waals surface area contributed by atoms with Crippen LogP contribution in [0.3, 0.4) is 0 Å². The van der Waals surface area contributed by atoms with Gasteiger partial charge in [-0.3, -0.25) is 4.79 Å². The van der Waals surface area contributed by atoms with E-state index in [0.29, 0.717) is 35.8 Å². The minimum Gasteiger partial charge on any atom is -0.391 e. The van der Waals surface area contributed by atoms with Gasteiger partial charge in [0.1, 0.15) is 0 Å². The van der Waals surface area contributed by atoms with Crippen molar-refractivity contribution < 1.29 is 15.0 Å². The monoisotopic (exact) mass is 458 g/mol. The van der Waals surface area contributed by atoms with E-state index in [9.17, 15) is 15.0 Å². The summed E-state index contributed by atoms with van der Waals surface area (Å²) >= 11 is 0. The molecular formula is C28H46N2O3. The number of carbonyl (C=O) groups excluding carboxylic acids is 1. The smallest absolute Gasteiger partial charge is 0.246 e. The van der Waals surface area contributed by atoms with Crippen LogP contribution in [0.5, 0.6) is 0 Å². The van der Waals surface area contributed by atoms with Gasteiger partial charge in [-0.1, -0.05) is 31.6 Å². The third kappa shape index (κ3) is 3.83. The number of amides is 1. The predicted octanol–water partition coefficient (Wildman–Crippen LogP) is 3.91. The Morgan fingerprint density at radius 3 is 2.52 bits per heavy atom. The first-order chi connectivity index (χ1) is 15.5. The molecule has 0 aromatic rings. The van der Waals surface area contributed by atoms with Crippen molar-refractivity contribution in [3.8, 4) is 0 Å². The number of allylic oxidation sites excluding steroid dienone is 2. The van der Waals surface area contributed by atoms with Gasteiger partial charge in [0, 0.05) is 11.6 Å². The van der Waals surface area contributed by atoms with E-state index in [2.05, 4.69) is 51.2 Å². The van der Waals surface area contributed by atoms with Crippen LogP contribution in [0.25, 0.3) is 0 Å². The molecule has 0 unspecified atom stereocenters. The summed E-state index contributed by atoms with van der Waals surface area (Å²) in [5.41, 5.74) is 2.42. The third-order valence-electron chi connectivity index (χ3n) is 10.7. The molecule has 0 heterocycles. The van der Waals surface area contributed by atoms with Crippen molar-refractivity contribution in [3.05, 3.63) is 23.3 Å². The molecule has 5 nitrogen and oxygen atoms in total. The van der Waals surface area contributed by atoms with Gasteiger partial charge >= 0.3 is 0 Å². The van der Waals surface area contributed by atoms with Gasteiger partial charge in [0.15, 0.2) is 0 Å². The zero-order chi connectivity index (χ0) is 24.3. The molecule has 4 rings (SSSR count). The SMILES string of the molecule is C/C=C(\C)C(=O)N[C@@H]1[C@H](O)[C@@H]2CC[C@@H]3[C@H](CC[C@]4(C)C([C@H](C)N(C)C)=CC[C@@H]34)[C@@]2(C)C[C@@H]1O. The summed E-state index contributed by atoms with van der Waals surface area (Å²) in [5.74, 6) is 1.76. The molecule has 3 saturated carbocycles. The van der Waals surface area contributed by atoms with Crippen LogP contribution in [-0.4, -0.2) is 59.4 Å². The minimum atomic E-state index is -0.715. The average Bonchev–Trinajstić information content (AvgIpc) is 3.12. The molecule has 0 spiro atoms. The first-order valence-corrected chi connectivity index (χ1v) is 13.1. The lowest BCUT2D eigenvalue weighted by Gasteiger charge is -2.62. The molecule has 5 heteroatoms. The van der Waals surface area contributed by atoms with Crippen molar-refractivity contribution in [2.24, 2.45) is 34.5 Å². The summed E-state index contributed by atoms with van der Waals surface area (Å²) in [4.78, 5) is 14.8. The number of aliphatic hydroxyl groups is 2. The van der Waals surface area contributed by atoms with Crippen LogP contribution in [0.2, 0.25) is 0 Å². The van der Waals surface area contributed by atoms with Crippen molar-refractivity contribution >= 4 is 5.91 Å². The first-order valence-electron chi connectivity index (χ1n) is 13.1. The maximum absolute atomic E-state index is 12.5. The van der Waals surface area contributed by atoms with Crippen LogP contribution in [-0.2, 0) is 4.79 Å². The Kier molecular flexibility index (Phi) is 6.65. The van der Waals surface area contributed by atoms with Crippen molar-refractivity contribution in [2.45, 2.75) is 97.4 Å². The van der Waals surface area contributed by atoms with Crippen molar-refractivity contribution in [1.29, 1.82) is 0 Å². The molecule has 10 atom stereocenters. The number of nitrogens with zero attached hydrogens (tertiary/aromatic N) is 1. The van der Waals surface area contributed by atoms with Crippen molar-refractivity contribution in [1.82, 2.24) is 10.2 Å². The molecule has 0 radical (unpaired) electrons. The summed E-state index contributed by atoms with van der Waals surface area (Å²) in [6.07, 6.45) is 9.19. The van der Waals surface area contributed by atoms with Gasteiger partial charge in [0.25, 0.3) is 0 Å². The number of rotatable bonds is 4. The second-order valence-corrected chi connectivity index (χ2v) is 12.3. The number of likely N-dealkylation sites (N-methyl/N-ethyl adjacent to an activating group) is 1. The summed E-state index contributed by atoms with van der Waals surface area (Å²) < 4.78 is 0. The van der Waals surface area contributed by atoms with E-state index in [0.717, 1.165) is 19.3 Å². The summed E-state index contributed by atoms with van der Waals surface area (Å²) in [7, 11) is 4.36. The van der Waals surface area contributed by atoms with E-state index in [-0.39, 0.29) is 22.7 Å². The largest absolute Gasteiger partial charge is 0.391 e. The van der Waals surface area contributed by atoms with Gasteiger partial charge in [0.05, 0.1) is 18.2 Å². The summed E-state index contributed by atoms with van der Waals surface area (Å²) in [6.45, 7) is 10.8. The van der Waals surface area contributed by atoms with Crippen LogP contribution >= 0.6 is 0 Å². The quantitative estimate of drug-likeness (QED) is 0.441. The second-order valence-electron chi connectivity index (χ2n) is 12.3. The topological polar surface area (TPSA) is 72.8 Å². The maximum atomic E-state index is 12.5. The van der Waals surface area contributed by atoms with Gasteiger partial charge in [-0.2, -0.15) is 0 Å². The molecule has 3 fully saturated rings. The maximum Gasteiger partial charge on any atom is 0.246 e. The Balaban J connectivity index is 1.55. The van der Waals surface area contributed by atoms with Gasteiger partial charge in [-0.05, 0) is 108 Å². The van der Waals surface area contributed by atoms with Crippen molar-refractivity contribution in [3.63, 3.8) is 0 Å². The number of nitrogens with one attached hydrogen (secondary N) is 1. The third-order valence-corrected chi connectivity index (χ3v) is 10.7. The standard InChI is InChI=1S/C28H46N2O3/c1-8-16(2)26(33)29-24-23(31)15-28(5)21-13-14-27(4)19(17(3)30(6)7)11-12-20(27)18(21)9-10-22(28)25(24)32/h8,11,17-18,20-25,31-32H,9-10,12-15H2,1-7H3,(H,29,33)/b16-8+/t17-,18-,20-,21-,22-,23-,24-,25+,27+,28+/m0/s1. The van der Waals surface area contributed by atoms with E-state index in [4.69, 9.17) is 0 Å². The number of hydrogen-bond donors (Lipinski definition) is 3. The molecule has 0 bridgehead atoms. The van der Waals surface area contributed by atoms with Crippen LogP contribution in [0, 0.1) is 34.5 Å². The predicted molar refractivity (Wildman–Crippen MR) is 132 cm³/mol. The molecule has 33 heavy (non-hydrogen) atoms. The van der Waals surface area contributed by atoms with Gasteiger partial charge in [-0.25, -0.2) is 0 Å². The Morgan fingerprint density at radius 1 is 1.18 bits per heavy atom. The Labute approximate surface area is 200 Å². The van der Waals surface area contributed by atoms with E-state index in [1.54, 1.807) is 18.6 Å². The van der Waals surface area contributed by atoms with Gasteiger partial charge in [-0.15, -0.1) is 0 Å². The highest BCUT2D eigenvalue weighted by molar-refractivity contribution is 5.92. The molecule has 0 aliphatic heterocycles. The van der Waals surface area contributed by atoms with Crippen LogP contribution in [0.15, 0.2) is 23.3 Å². The molecule has 0 aromatic carbocycles. The van der Waals surface area contributed by atoms with Gasteiger partial charge in [0.2, 0.25) is 5.91 Å². The van der Waals surface area contributed by atoms with Gasteiger partial charge < -0.3 is 20.4 Å². The normalized spacial score (nSPS) is 46.2. The lowest BCUT2D eigenvalue weighted by atomic mass is 9.43. The molecule has 186 valence electrons. The second kappa shape index (κ2) is 8.80. The molecule has 0 saturated heterocycles. The lowest BCUT2D eigenvalue weighted by molar-refractivity contribution is -0.175. The zero-order valence-electron chi connectivity index (χ0n) is 21.8. The fourth-order valence-corrected chi connectivity index (χ4v) is 8.51. The lowest BCUT2D eigenvalue weighted by Crippen LogP contribution is -2.65. The Morgan fingerprint density at radius 2 is 1.88 bits per heavy atom. The summed E-state index contributed by atoms with van der Waals surface area (Å²) in [6, 6.07) is -0.122. The number of fused-ring (bicyclic) bond motifs is 5. The first kappa shape index (κ1) is 24.9.